The second kappa shape index (κ2) is 12.7. The summed E-state index contributed by atoms with van der Waals surface area (Å²) in [6.07, 6.45) is 0.541. The minimum absolute atomic E-state index is 0.00197. The van der Waals surface area contributed by atoms with E-state index in [1.165, 1.54) is 6.07 Å². The first-order valence-corrected chi connectivity index (χ1v) is 11.6. The van der Waals surface area contributed by atoms with Gasteiger partial charge in [0.25, 0.3) is 23.5 Å². The molecule has 192 valence electrons. The highest BCUT2D eigenvalue weighted by Crippen LogP contribution is 2.37. The number of anilines is 1. The van der Waals surface area contributed by atoms with Crippen LogP contribution < -0.4 is 16.4 Å². The summed E-state index contributed by atoms with van der Waals surface area (Å²) in [7, 11) is 0. The van der Waals surface area contributed by atoms with E-state index in [2.05, 4.69) is 5.32 Å². The van der Waals surface area contributed by atoms with Crippen LogP contribution in [0.5, 0.6) is 0 Å². The van der Waals surface area contributed by atoms with E-state index in [1.807, 2.05) is 5.32 Å². The molecule has 1 aromatic rings. The van der Waals surface area contributed by atoms with E-state index in [1.54, 1.807) is 12.1 Å². The van der Waals surface area contributed by atoms with Crippen LogP contribution in [0.25, 0.3) is 0 Å². The van der Waals surface area contributed by atoms with Gasteiger partial charge in [0.15, 0.2) is 0 Å². The van der Waals surface area contributed by atoms with Crippen molar-refractivity contribution in [3.8, 4) is 0 Å². The molecule has 2 aliphatic heterocycles. The zero-order valence-electron chi connectivity index (χ0n) is 19.5. The summed E-state index contributed by atoms with van der Waals surface area (Å²) in [6, 6.07) is 4.58. The number of rotatable bonds is 15. The standard InChI is InChI=1S/C23H31FN4O7/c24-23(7-6-18(29)27-22(23)32)28-20(30)16-4-1-5-17(19(16)21(28)31)26-9-3-11-34-13-15-35-14-12-33-10-2-8-25/h1,4-5,26H,2-3,6-15,25H2,(H,27,29,32). The Balaban J connectivity index is 1.43. The second-order valence-corrected chi connectivity index (χ2v) is 8.07. The molecule has 35 heavy (non-hydrogen) atoms. The van der Waals surface area contributed by atoms with Gasteiger partial charge in [0, 0.05) is 38.3 Å². The van der Waals surface area contributed by atoms with Crippen LogP contribution in [0.3, 0.4) is 0 Å². The number of benzene rings is 1. The van der Waals surface area contributed by atoms with Crippen LogP contribution in [0.1, 0.15) is 46.4 Å². The number of fused-ring (bicyclic) bond motifs is 1. The molecule has 1 unspecified atom stereocenters. The van der Waals surface area contributed by atoms with Gasteiger partial charge in [0.05, 0.1) is 37.6 Å². The molecule has 1 atom stereocenters. The minimum atomic E-state index is -2.91. The largest absolute Gasteiger partial charge is 0.384 e. The number of piperidine rings is 1. The summed E-state index contributed by atoms with van der Waals surface area (Å²) in [6.45, 7) is 3.96. The molecule has 4 N–H and O–H groups in total. The molecule has 0 radical (unpaired) electrons. The Kier molecular flexibility index (Phi) is 9.66. The molecule has 2 aliphatic rings. The summed E-state index contributed by atoms with van der Waals surface area (Å²) >= 11 is 0. The first-order chi connectivity index (χ1) is 16.9. The van der Waals surface area contributed by atoms with Crippen molar-refractivity contribution in [1.82, 2.24) is 10.2 Å². The van der Waals surface area contributed by atoms with Crippen molar-refractivity contribution in [3.63, 3.8) is 0 Å². The molecule has 1 saturated heterocycles. The molecular formula is C23H31FN4O7. The van der Waals surface area contributed by atoms with Crippen LogP contribution >= 0.6 is 0 Å². The lowest BCUT2D eigenvalue weighted by Crippen LogP contribution is -2.61. The highest BCUT2D eigenvalue weighted by atomic mass is 19.1. The highest BCUT2D eigenvalue weighted by Gasteiger charge is 2.57. The molecule has 0 aliphatic carbocycles. The molecule has 0 spiro atoms. The molecule has 0 aromatic heterocycles. The maximum atomic E-state index is 15.5. The number of alkyl halides is 1. The quantitative estimate of drug-likeness (QED) is 0.181. The van der Waals surface area contributed by atoms with Gasteiger partial charge in [-0.1, -0.05) is 6.07 Å². The Bertz CT molecular complexity index is 944. The number of halogens is 1. The lowest BCUT2D eigenvalue weighted by Gasteiger charge is -2.34. The fourth-order valence-corrected chi connectivity index (χ4v) is 3.77. The Hall–Kier alpha value is -2.93. The van der Waals surface area contributed by atoms with E-state index in [-0.39, 0.29) is 17.5 Å². The van der Waals surface area contributed by atoms with E-state index in [9.17, 15) is 19.2 Å². The first-order valence-electron chi connectivity index (χ1n) is 11.6. The lowest BCUT2D eigenvalue weighted by molar-refractivity contribution is -0.151. The van der Waals surface area contributed by atoms with E-state index in [0.29, 0.717) is 69.7 Å². The van der Waals surface area contributed by atoms with Crippen molar-refractivity contribution >= 4 is 29.3 Å². The normalized spacial score (nSPS) is 19.8. The van der Waals surface area contributed by atoms with Crippen LogP contribution in [0.15, 0.2) is 18.2 Å². The van der Waals surface area contributed by atoms with Crippen LogP contribution in [0.2, 0.25) is 0 Å². The fourth-order valence-electron chi connectivity index (χ4n) is 3.77. The summed E-state index contributed by atoms with van der Waals surface area (Å²) in [5.41, 5.74) is 5.74. The molecule has 2 heterocycles. The molecule has 11 nitrogen and oxygen atoms in total. The van der Waals surface area contributed by atoms with E-state index in [0.717, 1.165) is 6.42 Å². The third kappa shape index (κ3) is 6.40. The fraction of sp³-hybridized carbons (Fsp3) is 0.565. The van der Waals surface area contributed by atoms with Gasteiger partial charge >= 0.3 is 0 Å². The highest BCUT2D eigenvalue weighted by molar-refractivity contribution is 6.26. The van der Waals surface area contributed by atoms with Gasteiger partial charge in [0.2, 0.25) is 5.91 Å². The summed E-state index contributed by atoms with van der Waals surface area (Å²) in [5.74, 6) is -6.69. The number of hydrogen-bond donors (Lipinski definition) is 3. The zero-order valence-corrected chi connectivity index (χ0v) is 19.5. The van der Waals surface area contributed by atoms with E-state index in [4.69, 9.17) is 19.9 Å². The minimum Gasteiger partial charge on any atom is -0.384 e. The van der Waals surface area contributed by atoms with Crippen molar-refractivity contribution < 1.29 is 37.8 Å². The van der Waals surface area contributed by atoms with Crippen molar-refractivity contribution in [1.29, 1.82) is 0 Å². The molecular weight excluding hydrogens is 463 g/mol. The second-order valence-electron chi connectivity index (χ2n) is 8.07. The first kappa shape index (κ1) is 26.7. The number of nitrogens with one attached hydrogen (secondary N) is 2. The predicted molar refractivity (Wildman–Crippen MR) is 122 cm³/mol. The Morgan fingerprint density at radius 2 is 1.63 bits per heavy atom. The number of nitrogens with two attached hydrogens (primary N) is 1. The molecule has 4 amide bonds. The van der Waals surface area contributed by atoms with Gasteiger partial charge in [0.1, 0.15) is 0 Å². The summed E-state index contributed by atoms with van der Waals surface area (Å²) in [4.78, 5) is 49.7. The lowest BCUT2D eigenvalue weighted by atomic mass is 10.0. The average molecular weight is 495 g/mol. The van der Waals surface area contributed by atoms with Gasteiger partial charge < -0.3 is 25.3 Å². The number of carbonyl (C=O) groups excluding carboxylic acids is 4. The van der Waals surface area contributed by atoms with Crippen molar-refractivity contribution in [3.05, 3.63) is 29.3 Å². The predicted octanol–water partition coefficient (Wildman–Crippen LogP) is 0.586. The summed E-state index contributed by atoms with van der Waals surface area (Å²) < 4.78 is 31.7. The Morgan fingerprint density at radius 1 is 0.971 bits per heavy atom. The summed E-state index contributed by atoms with van der Waals surface area (Å²) in [5, 5.41) is 4.93. The topological polar surface area (TPSA) is 149 Å². The van der Waals surface area contributed by atoms with Gasteiger partial charge in [-0.3, -0.25) is 24.5 Å². The van der Waals surface area contributed by atoms with Gasteiger partial charge in [-0.15, -0.1) is 0 Å². The van der Waals surface area contributed by atoms with Crippen LogP contribution in [-0.2, 0) is 23.8 Å². The average Bonchev–Trinajstić information content (AvgIpc) is 3.10. The Labute approximate surface area is 202 Å². The van der Waals surface area contributed by atoms with Crippen molar-refractivity contribution in [2.45, 2.75) is 31.5 Å². The van der Waals surface area contributed by atoms with Gasteiger partial charge in [-0.25, -0.2) is 9.29 Å². The third-order valence-corrected chi connectivity index (χ3v) is 5.57. The molecule has 1 fully saturated rings. The molecule has 12 heteroatoms. The van der Waals surface area contributed by atoms with Crippen LogP contribution in [0, 0.1) is 0 Å². The van der Waals surface area contributed by atoms with E-state index < -0.39 is 35.8 Å². The third-order valence-electron chi connectivity index (χ3n) is 5.57. The molecule has 1 aromatic carbocycles. The number of hydrogen-bond acceptors (Lipinski definition) is 9. The van der Waals surface area contributed by atoms with Crippen molar-refractivity contribution in [2.24, 2.45) is 5.73 Å². The zero-order chi connectivity index (χ0) is 25.3. The van der Waals surface area contributed by atoms with Crippen LogP contribution in [-0.4, -0.2) is 87.1 Å². The number of amides is 4. The maximum Gasteiger partial charge on any atom is 0.285 e. The van der Waals surface area contributed by atoms with Crippen LogP contribution in [0.4, 0.5) is 10.1 Å². The number of carbonyl (C=O) groups is 4. The number of ether oxygens (including phenoxy) is 3. The number of nitrogens with zero attached hydrogens (tertiary/aromatic N) is 1. The van der Waals surface area contributed by atoms with E-state index >= 15 is 4.39 Å². The monoisotopic (exact) mass is 494 g/mol. The Morgan fingerprint density at radius 3 is 2.29 bits per heavy atom. The molecule has 3 rings (SSSR count). The SMILES string of the molecule is NCCCOCCOCCOCCCNc1cccc2c1C(=O)N(C1(F)CCC(=O)NC1=O)C2=O. The molecule has 0 saturated carbocycles. The van der Waals surface area contributed by atoms with Gasteiger partial charge in [-0.05, 0) is 31.5 Å². The van der Waals surface area contributed by atoms with Crippen molar-refractivity contribution in [2.75, 3.05) is 58.0 Å². The number of imide groups is 2. The molecule has 0 bridgehead atoms. The maximum absolute atomic E-state index is 15.5. The smallest absolute Gasteiger partial charge is 0.285 e. The van der Waals surface area contributed by atoms with Gasteiger partial charge in [-0.2, -0.15) is 0 Å².